The van der Waals surface area contributed by atoms with E-state index in [-0.39, 0.29) is 11.9 Å². The minimum atomic E-state index is -0.932. The fourth-order valence-corrected chi connectivity index (χ4v) is 3.66. The van der Waals surface area contributed by atoms with E-state index in [0.717, 1.165) is 17.0 Å². The summed E-state index contributed by atoms with van der Waals surface area (Å²) in [5.74, 6) is 0.428. The van der Waals surface area contributed by atoms with Crippen LogP contribution in [0.4, 0.5) is 0 Å². The van der Waals surface area contributed by atoms with Gasteiger partial charge in [0.2, 0.25) is 5.91 Å². The summed E-state index contributed by atoms with van der Waals surface area (Å²) in [6.07, 6.45) is 0.386. The summed E-state index contributed by atoms with van der Waals surface area (Å²) in [7, 11) is 0. The van der Waals surface area contributed by atoms with E-state index in [2.05, 4.69) is 5.32 Å². The molecule has 0 spiro atoms. The largest absolute Gasteiger partial charge is 0.480 e. The van der Waals surface area contributed by atoms with Gasteiger partial charge in [-0.25, -0.2) is 4.79 Å². The maximum absolute atomic E-state index is 12.5. The van der Waals surface area contributed by atoms with Crippen LogP contribution in [0.1, 0.15) is 11.1 Å². The van der Waals surface area contributed by atoms with Crippen LogP contribution >= 0.6 is 11.8 Å². The van der Waals surface area contributed by atoms with E-state index in [1.165, 1.54) is 4.90 Å². The summed E-state index contributed by atoms with van der Waals surface area (Å²) < 4.78 is 0. The molecule has 1 amide bonds. The summed E-state index contributed by atoms with van der Waals surface area (Å²) in [5, 5.41) is 12.5. The normalized spacial score (nSPS) is 25.3. The number of carbonyl (C=O) groups is 2. The minimum absolute atomic E-state index is 0.100. The second kappa shape index (κ2) is 5.46. The van der Waals surface area contributed by atoms with Crippen molar-refractivity contribution in [2.75, 3.05) is 11.6 Å². The van der Waals surface area contributed by atoms with Crippen molar-refractivity contribution in [2.45, 2.75) is 25.0 Å². The smallest absolute Gasteiger partial charge is 0.326 e. The van der Waals surface area contributed by atoms with E-state index in [1.54, 1.807) is 11.8 Å². The SMILES string of the molecule is O=C(O)[C@@H]1Cc2ccccc2CN1C(=O)C1CSCN1. The third kappa shape index (κ3) is 2.41. The topological polar surface area (TPSA) is 69.6 Å². The summed E-state index contributed by atoms with van der Waals surface area (Å²) in [6.45, 7) is 0.384. The first-order valence-corrected chi connectivity index (χ1v) is 7.73. The molecule has 2 heterocycles. The number of benzene rings is 1. The van der Waals surface area contributed by atoms with Crippen molar-refractivity contribution in [1.82, 2.24) is 10.2 Å². The molecule has 1 unspecified atom stereocenters. The first-order chi connectivity index (χ1) is 9.66. The Morgan fingerprint density at radius 1 is 1.30 bits per heavy atom. The van der Waals surface area contributed by atoms with Gasteiger partial charge in [0.15, 0.2) is 0 Å². The van der Waals surface area contributed by atoms with Gasteiger partial charge in [-0.1, -0.05) is 24.3 Å². The van der Waals surface area contributed by atoms with Crippen LogP contribution in [-0.2, 0) is 22.6 Å². The van der Waals surface area contributed by atoms with Gasteiger partial charge in [-0.3, -0.25) is 10.1 Å². The fourth-order valence-electron chi connectivity index (χ4n) is 2.73. The molecule has 106 valence electrons. The Morgan fingerprint density at radius 3 is 2.70 bits per heavy atom. The Balaban J connectivity index is 1.88. The molecule has 5 nitrogen and oxygen atoms in total. The second-order valence-electron chi connectivity index (χ2n) is 5.06. The molecule has 2 N–H and O–H groups in total. The van der Waals surface area contributed by atoms with E-state index in [4.69, 9.17) is 0 Å². The number of carboxylic acid groups (broad SMARTS) is 1. The Morgan fingerprint density at radius 2 is 2.05 bits per heavy atom. The lowest BCUT2D eigenvalue weighted by Crippen LogP contribution is -2.54. The molecule has 1 aromatic carbocycles. The van der Waals surface area contributed by atoms with Crippen LogP contribution in [0.2, 0.25) is 0 Å². The van der Waals surface area contributed by atoms with Crippen molar-refractivity contribution < 1.29 is 14.7 Å². The molecule has 0 aliphatic carbocycles. The summed E-state index contributed by atoms with van der Waals surface area (Å²) in [4.78, 5) is 25.5. The van der Waals surface area contributed by atoms with Crippen LogP contribution in [0, 0.1) is 0 Å². The molecular formula is C14H16N2O3S. The predicted molar refractivity (Wildman–Crippen MR) is 76.4 cm³/mol. The van der Waals surface area contributed by atoms with Gasteiger partial charge >= 0.3 is 5.97 Å². The van der Waals surface area contributed by atoms with Crippen molar-refractivity contribution in [3.05, 3.63) is 35.4 Å². The monoisotopic (exact) mass is 292 g/mol. The van der Waals surface area contributed by atoms with Gasteiger partial charge in [-0.15, -0.1) is 11.8 Å². The number of aliphatic carboxylic acids is 1. The lowest BCUT2D eigenvalue weighted by Gasteiger charge is -2.35. The van der Waals surface area contributed by atoms with E-state index in [9.17, 15) is 14.7 Å². The molecule has 1 fully saturated rings. The van der Waals surface area contributed by atoms with Gasteiger partial charge in [0, 0.05) is 24.6 Å². The fraction of sp³-hybridized carbons (Fsp3) is 0.429. The molecule has 3 rings (SSSR count). The van der Waals surface area contributed by atoms with Crippen molar-refractivity contribution in [3.8, 4) is 0 Å². The number of carboxylic acids is 1. The molecule has 1 saturated heterocycles. The number of thioether (sulfide) groups is 1. The van der Waals surface area contributed by atoms with E-state index >= 15 is 0 Å². The van der Waals surface area contributed by atoms with Crippen LogP contribution in [-0.4, -0.2) is 45.6 Å². The van der Waals surface area contributed by atoms with E-state index in [0.29, 0.717) is 18.7 Å². The second-order valence-corrected chi connectivity index (χ2v) is 6.10. The van der Waals surface area contributed by atoms with Crippen molar-refractivity contribution in [1.29, 1.82) is 0 Å². The lowest BCUT2D eigenvalue weighted by atomic mass is 9.93. The predicted octanol–water partition coefficient (Wildman–Crippen LogP) is 0.687. The van der Waals surface area contributed by atoms with Crippen LogP contribution in [0.3, 0.4) is 0 Å². The highest BCUT2D eigenvalue weighted by Crippen LogP contribution is 2.25. The quantitative estimate of drug-likeness (QED) is 0.839. The molecule has 1 aromatic rings. The number of nitrogens with zero attached hydrogens (tertiary/aromatic N) is 1. The van der Waals surface area contributed by atoms with Crippen molar-refractivity contribution in [2.24, 2.45) is 0 Å². The lowest BCUT2D eigenvalue weighted by molar-refractivity contribution is -0.152. The first-order valence-electron chi connectivity index (χ1n) is 6.58. The first kappa shape index (κ1) is 13.5. The zero-order valence-electron chi connectivity index (χ0n) is 10.9. The standard InChI is InChI=1S/C14H16N2O3S/c17-13(11-7-20-8-15-11)16-6-10-4-2-1-3-9(10)5-12(16)14(18)19/h1-4,11-12,15H,5-8H2,(H,18,19)/t11?,12-/m0/s1. The Bertz CT molecular complexity index is 543. The summed E-state index contributed by atoms with van der Waals surface area (Å²) in [5.41, 5.74) is 2.07. The molecular weight excluding hydrogens is 276 g/mol. The highest BCUT2D eigenvalue weighted by atomic mass is 32.2. The van der Waals surface area contributed by atoms with Crippen molar-refractivity contribution >= 4 is 23.6 Å². The highest BCUT2D eigenvalue weighted by Gasteiger charge is 2.38. The van der Waals surface area contributed by atoms with Gasteiger partial charge < -0.3 is 10.0 Å². The van der Waals surface area contributed by atoms with E-state index in [1.807, 2.05) is 24.3 Å². The average Bonchev–Trinajstić information content (AvgIpc) is 2.99. The zero-order valence-corrected chi connectivity index (χ0v) is 11.7. The average molecular weight is 292 g/mol. The minimum Gasteiger partial charge on any atom is -0.480 e. The third-order valence-corrected chi connectivity index (χ3v) is 4.77. The van der Waals surface area contributed by atoms with Crippen LogP contribution in [0.5, 0.6) is 0 Å². The number of rotatable bonds is 2. The molecule has 0 aromatic heterocycles. The van der Waals surface area contributed by atoms with Gasteiger partial charge in [-0.2, -0.15) is 0 Å². The van der Waals surface area contributed by atoms with Gasteiger partial charge in [-0.05, 0) is 11.1 Å². The molecule has 6 heteroatoms. The number of fused-ring (bicyclic) bond motifs is 1. The number of amides is 1. The number of carbonyl (C=O) groups excluding carboxylic acids is 1. The maximum Gasteiger partial charge on any atom is 0.326 e. The Labute approximate surface area is 121 Å². The van der Waals surface area contributed by atoms with E-state index < -0.39 is 12.0 Å². The van der Waals surface area contributed by atoms with Gasteiger partial charge in [0.05, 0.1) is 6.04 Å². The molecule has 0 saturated carbocycles. The maximum atomic E-state index is 12.5. The molecule has 2 aliphatic heterocycles. The van der Waals surface area contributed by atoms with Gasteiger partial charge in [0.1, 0.15) is 6.04 Å². The molecule has 20 heavy (non-hydrogen) atoms. The molecule has 0 radical (unpaired) electrons. The molecule has 0 bridgehead atoms. The van der Waals surface area contributed by atoms with Crippen LogP contribution < -0.4 is 5.32 Å². The highest BCUT2D eigenvalue weighted by molar-refractivity contribution is 7.99. The Kier molecular flexibility index (Phi) is 3.67. The van der Waals surface area contributed by atoms with Gasteiger partial charge in [0.25, 0.3) is 0 Å². The summed E-state index contributed by atoms with van der Waals surface area (Å²) >= 11 is 1.66. The van der Waals surface area contributed by atoms with Crippen molar-refractivity contribution in [3.63, 3.8) is 0 Å². The number of nitrogens with one attached hydrogen (secondary N) is 1. The van der Waals surface area contributed by atoms with Crippen LogP contribution in [0.15, 0.2) is 24.3 Å². The molecule has 2 atom stereocenters. The third-order valence-electron chi connectivity index (χ3n) is 3.83. The summed E-state index contributed by atoms with van der Waals surface area (Å²) in [6, 6.07) is 6.72. The Hall–Kier alpha value is -1.53. The number of hydrogen-bond donors (Lipinski definition) is 2. The van der Waals surface area contributed by atoms with Crippen LogP contribution in [0.25, 0.3) is 0 Å². The number of hydrogen-bond acceptors (Lipinski definition) is 4. The zero-order chi connectivity index (χ0) is 14.1. The molecule has 2 aliphatic rings.